The van der Waals surface area contributed by atoms with Crippen LogP contribution in [-0.4, -0.2) is 40.0 Å². The van der Waals surface area contributed by atoms with E-state index in [1.54, 1.807) is 12.1 Å². The van der Waals surface area contributed by atoms with E-state index in [0.29, 0.717) is 18.0 Å². The molecule has 0 amide bonds. The molecular weight excluding hydrogens is 276 g/mol. The number of benzene rings is 1. The van der Waals surface area contributed by atoms with E-state index in [-0.39, 0.29) is 12.2 Å². The third-order valence-electron chi connectivity index (χ3n) is 3.51. The standard InChI is InChI=1S/C14H22N2O3S/c1-20(17,18)14-6-2-11(3-7-14)9-16-10-13-5-4-12(8-15)19-13/h2-3,6-7,12-13,16H,4-5,8-10,15H2,1H3. The van der Waals surface area contributed by atoms with Crippen molar-refractivity contribution in [3.05, 3.63) is 29.8 Å². The summed E-state index contributed by atoms with van der Waals surface area (Å²) < 4.78 is 28.4. The molecule has 0 saturated carbocycles. The van der Waals surface area contributed by atoms with Gasteiger partial charge in [0.25, 0.3) is 0 Å². The van der Waals surface area contributed by atoms with Crippen molar-refractivity contribution in [3.63, 3.8) is 0 Å². The number of nitrogens with one attached hydrogen (secondary N) is 1. The van der Waals surface area contributed by atoms with E-state index < -0.39 is 9.84 Å². The van der Waals surface area contributed by atoms with Crippen molar-refractivity contribution in [3.8, 4) is 0 Å². The van der Waals surface area contributed by atoms with Crippen LogP contribution in [-0.2, 0) is 21.1 Å². The quantitative estimate of drug-likeness (QED) is 0.807. The zero-order valence-electron chi connectivity index (χ0n) is 11.7. The van der Waals surface area contributed by atoms with Crippen molar-refractivity contribution in [1.29, 1.82) is 0 Å². The molecule has 0 bridgehead atoms. The maximum Gasteiger partial charge on any atom is 0.175 e. The van der Waals surface area contributed by atoms with Crippen LogP contribution in [0.1, 0.15) is 18.4 Å². The van der Waals surface area contributed by atoms with E-state index in [1.807, 2.05) is 12.1 Å². The summed E-state index contributed by atoms with van der Waals surface area (Å²) in [6, 6.07) is 6.95. The number of sulfone groups is 1. The molecule has 0 aromatic heterocycles. The lowest BCUT2D eigenvalue weighted by molar-refractivity contribution is 0.0503. The molecule has 1 heterocycles. The van der Waals surface area contributed by atoms with E-state index in [9.17, 15) is 8.42 Å². The Morgan fingerprint density at radius 1 is 1.25 bits per heavy atom. The molecule has 1 fully saturated rings. The van der Waals surface area contributed by atoms with Crippen LogP contribution in [0.4, 0.5) is 0 Å². The van der Waals surface area contributed by atoms with Crippen LogP contribution in [0.3, 0.4) is 0 Å². The molecule has 5 nitrogen and oxygen atoms in total. The summed E-state index contributed by atoms with van der Waals surface area (Å²) >= 11 is 0. The van der Waals surface area contributed by atoms with Crippen LogP contribution < -0.4 is 11.1 Å². The van der Waals surface area contributed by atoms with Crippen LogP contribution >= 0.6 is 0 Å². The third kappa shape index (κ3) is 4.28. The molecule has 0 spiro atoms. The molecule has 2 unspecified atom stereocenters. The molecule has 1 aliphatic rings. The highest BCUT2D eigenvalue weighted by Gasteiger charge is 2.23. The van der Waals surface area contributed by atoms with Gasteiger partial charge in [-0.3, -0.25) is 0 Å². The minimum Gasteiger partial charge on any atom is -0.372 e. The van der Waals surface area contributed by atoms with Crippen molar-refractivity contribution in [2.45, 2.75) is 36.5 Å². The molecule has 2 rings (SSSR count). The average molecular weight is 298 g/mol. The molecule has 1 aromatic carbocycles. The molecule has 20 heavy (non-hydrogen) atoms. The highest BCUT2D eigenvalue weighted by Crippen LogP contribution is 2.18. The lowest BCUT2D eigenvalue weighted by Gasteiger charge is -2.13. The monoisotopic (exact) mass is 298 g/mol. The lowest BCUT2D eigenvalue weighted by Crippen LogP contribution is -2.28. The Bertz CT molecular complexity index is 528. The van der Waals surface area contributed by atoms with Gasteiger partial charge in [0, 0.05) is 25.9 Å². The van der Waals surface area contributed by atoms with Crippen molar-refractivity contribution in [2.75, 3.05) is 19.3 Å². The summed E-state index contributed by atoms with van der Waals surface area (Å²) in [7, 11) is -3.11. The van der Waals surface area contributed by atoms with Crippen molar-refractivity contribution in [2.24, 2.45) is 5.73 Å². The van der Waals surface area contributed by atoms with Crippen molar-refractivity contribution >= 4 is 9.84 Å². The van der Waals surface area contributed by atoms with E-state index in [2.05, 4.69) is 5.32 Å². The smallest absolute Gasteiger partial charge is 0.175 e. The van der Waals surface area contributed by atoms with Gasteiger partial charge in [-0.25, -0.2) is 8.42 Å². The Kier molecular flexibility index (Phi) is 5.15. The summed E-state index contributed by atoms with van der Waals surface area (Å²) in [5.74, 6) is 0. The van der Waals surface area contributed by atoms with E-state index >= 15 is 0 Å². The Balaban J connectivity index is 1.77. The Morgan fingerprint density at radius 3 is 2.45 bits per heavy atom. The SMILES string of the molecule is CS(=O)(=O)c1ccc(CNCC2CCC(CN)O2)cc1. The fourth-order valence-corrected chi connectivity index (χ4v) is 2.97. The van der Waals surface area contributed by atoms with Gasteiger partial charge in [-0.1, -0.05) is 12.1 Å². The summed E-state index contributed by atoms with van der Waals surface area (Å²) in [5, 5.41) is 3.33. The largest absolute Gasteiger partial charge is 0.372 e. The first-order valence-electron chi connectivity index (χ1n) is 6.84. The molecule has 0 radical (unpaired) electrons. The molecule has 3 N–H and O–H groups in total. The van der Waals surface area contributed by atoms with Crippen LogP contribution in [0.5, 0.6) is 0 Å². The topological polar surface area (TPSA) is 81.4 Å². The number of ether oxygens (including phenoxy) is 1. The van der Waals surface area contributed by atoms with Gasteiger partial charge in [-0.2, -0.15) is 0 Å². The highest BCUT2D eigenvalue weighted by atomic mass is 32.2. The Hall–Kier alpha value is -0.950. The maximum absolute atomic E-state index is 11.3. The third-order valence-corrected chi connectivity index (χ3v) is 4.64. The minimum atomic E-state index is -3.11. The van der Waals surface area contributed by atoms with Gasteiger partial charge < -0.3 is 15.8 Å². The zero-order valence-corrected chi connectivity index (χ0v) is 12.5. The molecule has 1 aromatic rings. The van der Waals surface area contributed by atoms with Gasteiger partial charge in [0.2, 0.25) is 0 Å². The molecule has 112 valence electrons. The van der Waals surface area contributed by atoms with Gasteiger partial charge in [0.1, 0.15) is 0 Å². The van der Waals surface area contributed by atoms with Gasteiger partial charge in [0.15, 0.2) is 9.84 Å². The van der Waals surface area contributed by atoms with Crippen LogP contribution in [0.15, 0.2) is 29.2 Å². The van der Waals surface area contributed by atoms with Gasteiger partial charge in [-0.05, 0) is 30.5 Å². The molecule has 1 saturated heterocycles. The number of rotatable bonds is 6. The molecule has 0 aliphatic carbocycles. The lowest BCUT2D eigenvalue weighted by atomic mass is 10.2. The molecular formula is C14H22N2O3S. The predicted molar refractivity (Wildman–Crippen MR) is 78.2 cm³/mol. The van der Waals surface area contributed by atoms with Crippen molar-refractivity contribution in [1.82, 2.24) is 5.32 Å². The molecule has 2 atom stereocenters. The average Bonchev–Trinajstić information content (AvgIpc) is 2.86. The Morgan fingerprint density at radius 2 is 1.90 bits per heavy atom. The second-order valence-corrected chi connectivity index (χ2v) is 7.26. The maximum atomic E-state index is 11.3. The first kappa shape index (κ1) is 15.4. The number of hydrogen-bond acceptors (Lipinski definition) is 5. The van der Waals surface area contributed by atoms with Crippen LogP contribution in [0.25, 0.3) is 0 Å². The predicted octanol–water partition coefficient (Wildman–Crippen LogP) is 0.686. The van der Waals surface area contributed by atoms with E-state index in [0.717, 1.165) is 24.9 Å². The number of hydrogen-bond donors (Lipinski definition) is 2. The van der Waals surface area contributed by atoms with Gasteiger partial charge >= 0.3 is 0 Å². The zero-order chi connectivity index (χ0) is 14.6. The first-order valence-corrected chi connectivity index (χ1v) is 8.73. The van der Waals surface area contributed by atoms with E-state index in [4.69, 9.17) is 10.5 Å². The fourth-order valence-electron chi connectivity index (χ4n) is 2.34. The van der Waals surface area contributed by atoms with Gasteiger partial charge in [0.05, 0.1) is 17.1 Å². The minimum absolute atomic E-state index is 0.204. The van der Waals surface area contributed by atoms with Crippen LogP contribution in [0, 0.1) is 0 Å². The summed E-state index contributed by atoms with van der Waals surface area (Å²) in [5.41, 5.74) is 6.63. The summed E-state index contributed by atoms with van der Waals surface area (Å²) in [6.07, 6.45) is 3.73. The van der Waals surface area contributed by atoms with Gasteiger partial charge in [-0.15, -0.1) is 0 Å². The fraction of sp³-hybridized carbons (Fsp3) is 0.571. The highest BCUT2D eigenvalue weighted by molar-refractivity contribution is 7.90. The second kappa shape index (κ2) is 6.67. The summed E-state index contributed by atoms with van der Waals surface area (Å²) in [4.78, 5) is 0.353. The summed E-state index contributed by atoms with van der Waals surface area (Å²) in [6.45, 7) is 2.09. The van der Waals surface area contributed by atoms with Crippen LogP contribution in [0.2, 0.25) is 0 Å². The first-order chi connectivity index (χ1) is 9.49. The van der Waals surface area contributed by atoms with Crippen molar-refractivity contribution < 1.29 is 13.2 Å². The number of nitrogens with two attached hydrogens (primary N) is 1. The Labute approximate surface area is 120 Å². The normalized spacial score (nSPS) is 23.1. The molecule has 6 heteroatoms. The van der Waals surface area contributed by atoms with E-state index in [1.165, 1.54) is 6.26 Å². The second-order valence-electron chi connectivity index (χ2n) is 5.24. The molecule has 1 aliphatic heterocycles.